The van der Waals surface area contributed by atoms with E-state index in [2.05, 4.69) is 6.92 Å². The zero-order chi connectivity index (χ0) is 12.7. The molecule has 0 aromatic carbocycles. The number of rotatable bonds is 7. The van der Waals surface area contributed by atoms with Crippen molar-refractivity contribution >= 4 is 5.78 Å². The highest BCUT2D eigenvalue weighted by Gasteiger charge is 2.29. The number of carbonyl (C=O) groups is 1. The molecule has 0 radical (unpaired) electrons. The van der Waals surface area contributed by atoms with Gasteiger partial charge in [-0.2, -0.15) is 0 Å². The van der Waals surface area contributed by atoms with Crippen molar-refractivity contribution in [3.8, 4) is 0 Å². The molecule has 100 valence electrons. The van der Waals surface area contributed by atoms with Crippen LogP contribution in [0.1, 0.15) is 71.6 Å². The first-order valence-corrected chi connectivity index (χ1v) is 7.37. The topological polar surface area (TPSA) is 37.3 Å². The van der Waals surface area contributed by atoms with Gasteiger partial charge in [-0.1, -0.05) is 46.0 Å². The van der Waals surface area contributed by atoms with Gasteiger partial charge >= 0.3 is 0 Å². The van der Waals surface area contributed by atoms with Crippen molar-refractivity contribution in [2.45, 2.75) is 77.7 Å². The van der Waals surface area contributed by atoms with Gasteiger partial charge in [0.25, 0.3) is 0 Å². The fraction of sp³-hybridized carbons (Fsp3) is 0.933. The van der Waals surface area contributed by atoms with Crippen LogP contribution in [0.4, 0.5) is 0 Å². The Bertz CT molecular complexity index is 219. The highest BCUT2D eigenvalue weighted by Crippen LogP contribution is 2.30. The number of ketones is 1. The van der Waals surface area contributed by atoms with E-state index in [0.717, 1.165) is 32.1 Å². The first-order chi connectivity index (χ1) is 8.16. The molecule has 1 rings (SSSR count). The third-order valence-electron chi connectivity index (χ3n) is 4.18. The Balaban J connectivity index is 2.33. The summed E-state index contributed by atoms with van der Waals surface area (Å²) in [6.07, 6.45) is 9.45. The van der Waals surface area contributed by atoms with Gasteiger partial charge in [-0.3, -0.25) is 4.79 Å². The number of hydrogen-bond acceptors (Lipinski definition) is 2. The van der Waals surface area contributed by atoms with E-state index in [1.54, 1.807) is 0 Å². The first-order valence-electron chi connectivity index (χ1n) is 7.37. The van der Waals surface area contributed by atoms with Crippen LogP contribution in [-0.4, -0.2) is 17.0 Å². The molecule has 0 aromatic rings. The minimum Gasteiger partial charge on any atom is -0.392 e. The summed E-state index contributed by atoms with van der Waals surface area (Å²) >= 11 is 0. The molecule has 0 aliphatic heterocycles. The Kier molecular flexibility index (Phi) is 6.79. The summed E-state index contributed by atoms with van der Waals surface area (Å²) in [7, 11) is 0. The summed E-state index contributed by atoms with van der Waals surface area (Å²) in [4.78, 5) is 11.9. The molecule has 17 heavy (non-hydrogen) atoms. The molecule has 2 heteroatoms. The minimum atomic E-state index is -0.399. The second kappa shape index (κ2) is 7.86. The lowest BCUT2D eigenvalue weighted by atomic mass is 9.79. The molecule has 2 unspecified atom stereocenters. The van der Waals surface area contributed by atoms with Crippen LogP contribution >= 0.6 is 0 Å². The predicted molar refractivity (Wildman–Crippen MR) is 70.9 cm³/mol. The molecule has 0 heterocycles. The van der Waals surface area contributed by atoms with Crippen LogP contribution < -0.4 is 0 Å². The smallest absolute Gasteiger partial charge is 0.138 e. The van der Waals surface area contributed by atoms with Crippen LogP contribution in [-0.2, 0) is 4.79 Å². The molecular weight excluding hydrogens is 212 g/mol. The second-order valence-electron chi connectivity index (χ2n) is 5.60. The third kappa shape index (κ3) is 4.79. The number of aliphatic hydroxyl groups is 1. The maximum Gasteiger partial charge on any atom is 0.138 e. The highest BCUT2D eigenvalue weighted by molar-refractivity contribution is 5.81. The zero-order valence-corrected chi connectivity index (χ0v) is 11.5. The Morgan fingerprint density at radius 2 is 1.88 bits per heavy atom. The molecule has 1 aliphatic rings. The number of carbonyl (C=O) groups excluding carboxylic acids is 1. The minimum absolute atomic E-state index is 0.157. The summed E-state index contributed by atoms with van der Waals surface area (Å²) in [5.74, 6) is 0.473. The van der Waals surface area contributed by atoms with Gasteiger partial charge in [0, 0.05) is 12.3 Å². The zero-order valence-electron chi connectivity index (χ0n) is 11.5. The van der Waals surface area contributed by atoms with Gasteiger partial charge in [0.2, 0.25) is 0 Å². The summed E-state index contributed by atoms with van der Waals surface area (Å²) in [5, 5.41) is 10.2. The van der Waals surface area contributed by atoms with Gasteiger partial charge in [0.1, 0.15) is 5.78 Å². The van der Waals surface area contributed by atoms with Crippen LogP contribution in [0, 0.1) is 11.8 Å². The molecule has 0 spiro atoms. The maximum absolute atomic E-state index is 11.9. The monoisotopic (exact) mass is 240 g/mol. The van der Waals surface area contributed by atoms with Crippen molar-refractivity contribution in [3.63, 3.8) is 0 Å². The standard InChI is InChI=1S/C15H28O2/c1-3-4-6-11-14(16)12(2)15(17)13-9-7-5-8-10-13/h12-13,15,17H,3-11H2,1-2H3. The van der Waals surface area contributed by atoms with Crippen LogP contribution in [0.5, 0.6) is 0 Å². The Morgan fingerprint density at radius 3 is 2.47 bits per heavy atom. The van der Waals surface area contributed by atoms with E-state index in [4.69, 9.17) is 0 Å². The quantitative estimate of drug-likeness (QED) is 0.689. The average molecular weight is 240 g/mol. The normalized spacial score (nSPS) is 21.1. The van der Waals surface area contributed by atoms with E-state index < -0.39 is 6.10 Å². The van der Waals surface area contributed by atoms with E-state index >= 15 is 0 Å². The van der Waals surface area contributed by atoms with Crippen LogP contribution in [0.2, 0.25) is 0 Å². The maximum atomic E-state index is 11.9. The number of Topliss-reactive ketones (excluding diaryl/α,β-unsaturated/α-hetero) is 1. The fourth-order valence-corrected chi connectivity index (χ4v) is 2.85. The SMILES string of the molecule is CCCCCC(=O)C(C)C(O)C1CCCCC1. The third-order valence-corrected chi connectivity index (χ3v) is 4.18. The molecule has 0 saturated heterocycles. The van der Waals surface area contributed by atoms with E-state index in [0.29, 0.717) is 12.3 Å². The Hall–Kier alpha value is -0.370. The number of hydrogen-bond donors (Lipinski definition) is 1. The molecule has 2 nitrogen and oxygen atoms in total. The lowest BCUT2D eigenvalue weighted by molar-refractivity contribution is -0.127. The summed E-state index contributed by atoms with van der Waals surface area (Å²) in [6.45, 7) is 4.05. The van der Waals surface area contributed by atoms with Crippen molar-refractivity contribution in [2.75, 3.05) is 0 Å². The van der Waals surface area contributed by atoms with Crippen LogP contribution in [0.25, 0.3) is 0 Å². The van der Waals surface area contributed by atoms with Crippen molar-refractivity contribution in [3.05, 3.63) is 0 Å². The van der Waals surface area contributed by atoms with E-state index in [9.17, 15) is 9.90 Å². The molecule has 2 atom stereocenters. The van der Waals surface area contributed by atoms with Gasteiger partial charge in [0.05, 0.1) is 6.10 Å². The summed E-state index contributed by atoms with van der Waals surface area (Å²) in [5.41, 5.74) is 0. The Labute approximate surface area is 106 Å². The molecule has 0 amide bonds. The lowest BCUT2D eigenvalue weighted by Gasteiger charge is -2.29. The molecule has 0 bridgehead atoms. The van der Waals surface area contributed by atoms with Gasteiger partial charge in [0.15, 0.2) is 0 Å². The van der Waals surface area contributed by atoms with Gasteiger partial charge in [-0.05, 0) is 25.2 Å². The van der Waals surface area contributed by atoms with Crippen molar-refractivity contribution in [2.24, 2.45) is 11.8 Å². The molecule has 1 saturated carbocycles. The molecular formula is C15H28O2. The summed E-state index contributed by atoms with van der Waals surface area (Å²) in [6, 6.07) is 0. The number of unbranched alkanes of at least 4 members (excludes halogenated alkanes) is 2. The van der Waals surface area contributed by atoms with E-state index in [1.807, 2.05) is 6.92 Å². The van der Waals surface area contributed by atoms with Crippen molar-refractivity contribution in [1.29, 1.82) is 0 Å². The predicted octanol–water partition coefficient (Wildman–Crippen LogP) is 3.71. The lowest BCUT2D eigenvalue weighted by Crippen LogP contribution is -2.33. The van der Waals surface area contributed by atoms with Gasteiger partial charge in [-0.25, -0.2) is 0 Å². The van der Waals surface area contributed by atoms with Crippen molar-refractivity contribution < 1.29 is 9.90 Å². The molecule has 0 aromatic heterocycles. The Morgan fingerprint density at radius 1 is 1.24 bits per heavy atom. The second-order valence-corrected chi connectivity index (χ2v) is 5.60. The van der Waals surface area contributed by atoms with Gasteiger partial charge in [-0.15, -0.1) is 0 Å². The molecule has 1 N–H and O–H groups in total. The first kappa shape index (κ1) is 14.7. The largest absolute Gasteiger partial charge is 0.392 e. The van der Waals surface area contributed by atoms with E-state index in [-0.39, 0.29) is 11.7 Å². The fourth-order valence-electron chi connectivity index (χ4n) is 2.85. The molecule has 1 fully saturated rings. The molecule has 1 aliphatic carbocycles. The van der Waals surface area contributed by atoms with Crippen LogP contribution in [0.3, 0.4) is 0 Å². The average Bonchev–Trinajstić information content (AvgIpc) is 2.38. The van der Waals surface area contributed by atoms with E-state index in [1.165, 1.54) is 19.3 Å². The van der Waals surface area contributed by atoms with Crippen molar-refractivity contribution in [1.82, 2.24) is 0 Å². The summed E-state index contributed by atoms with van der Waals surface area (Å²) < 4.78 is 0. The highest BCUT2D eigenvalue weighted by atomic mass is 16.3. The number of aliphatic hydroxyl groups excluding tert-OH is 1. The van der Waals surface area contributed by atoms with Gasteiger partial charge < -0.3 is 5.11 Å². The van der Waals surface area contributed by atoms with Crippen LogP contribution in [0.15, 0.2) is 0 Å².